The van der Waals surface area contributed by atoms with E-state index in [2.05, 4.69) is 10.1 Å². The molecule has 0 aromatic carbocycles. The van der Waals surface area contributed by atoms with Gasteiger partial charge in [-0.3, -0.25) is 0 Å². The second-order valence-electron chi connectivity index (χ2n) is 3.75. The molecule has 0 aliphatic carbocycles. The molecule has 2 atom stereocenters. The SMILES string of the molecule is CCC(O)Cc1nc(C2CSCCS2)no1. The first kappa shape index (κ1) is 12.3. The summed E-state index contributed by atoms with van der Waals surface area (Å²) in [4.78, 5) is 4.35. The van der Waals surface area contributed by atoms with Crippen LogP contribution in [0.25, 0.3) is 0 Å². The summed E-state index contributed by atoms with van der Waals surface area (Å²) in [6, 6.07) is 0. The first-order valence-electron chi connectivity index (χ1n) is 5.49. The Hall–Kier alpha value is -0.200. The van der Waals surface area contributed by atoms with Gasteiger partial charge in [0.15, 0.2) is 5.82 Å². The predicted molar refractivity (Wildman–Crippen MR) is 66.8 cm³/mol. The predicted octanol–water partition coefficient (Wildman–Crippen LogP) is 1.90. The number of aliphatic hydroxyl groups excluding tert-OH is 1. The van der Waals surface area contributed by atoms with Crippen LogP contribution in [0, 0.1) is 0 Å². The molecule has 2 heterocycles. The third-order valence-electron chi connectivity index (χ3n) is 2.47. The van der Waals surface area contributed by atoms with E-state index in [4.69, 9.17) is 4.52 Å². The maximum Gasteiger partial charge on any atom is 0.229 e. The highest BCUT2D eigenvalue weighted by molar-refractivity contribution is 8.06. The van der Waals surface area contributed by atoms with Crippen LogP contribution in [0.1, 0.15) is 30.3 Å². The average molecular weight is 260 g/mol. The molecule has 2 unspecified atom stereocenters. The van der Waals surface area contributed by atoms with E-state index < -0.39 is 0 Å². The Labute approximate surface area is 104 Å². The first-order chi connectivity index (χ1) is 7.79. The topological polar surface area (TPSA) is 59.2 Å². The van der Waals surface area contributed by atoms with E-state index in [0.717, 1.165) is 17.3 Å². The molecular weight excluding hydrogens is 244 g/mol. The summed E-state index contributed by atoms with van der Waals surface area (Å²) >= 11 is 3.82. The van der Waals surface area contributed by atoms with Crippen molar-refractivity contribution in [1.82, 2.24) is 10.1 Å². The van der Waals surface area contributed by atoms with Crippen molar-refractivity contribution in [3.63, 3.8) is 0 Å². The molecule has 0 saturated carbocycles. The summed E-state index contributed by atoms with van der Waals surface area (Å²) < 4.78 is 5.15. The lowest BCUT2D eigenvalue weighted by Crippen LogP contribution is -2.10. The van der Waals surface area contributed by atoms with E-state index in [1.165, 1.54) is 5.75 Å². The normalized spacial score (nSPS) is 23.2. The third kappa shape index (κ3) is 3.15. The molecule has 1 fully saturated rings. The fourth-order valence-corrected chi connectivity index (χ4v) is 4.05. The van der Waals surface area contributed by atoms with Gasteiger partial charge in [-0.25, -0.2) is 0 Å². The highest BCUT2D eigenvalue weighted by Crippen LogP contribution is 2.35. The summed E-state index contributed by atoms with van der Waals surface area (Å²) in [5.74, 6) is 4.76. The van der Waals surface area contributed by atoms with Crippen LogP contribution < -0.4 is 0 Å². The minimum Gasteiger partial charge on any atom is -0.393 e. The largest absolute Gasteiger partial charge is 0.393 e. The van der Waals surface area contributed by atoms with Gasteiger partial charge in [0.05, 0.1) is 17.8 Å². The van der Waals surface area contributed by atoms with Crippen molar-refractivity contribution in [3.05, 3.63) is 11.7 Å². The van der Waals surface area contributed by atoms with Gasteiger partial charge in [-0.2, -0.15) is 16.7 Å². The summed E-state index contributed by atoms with van der Waals surface area (Å²) in [5.41, 5.74) is 0. The Balaban J connectivity index is 1.95. The van der Waals surface area contributed by atoms with Crippen molar-refractivity contribution >= 4 is 23.5 Å². The van der Waals surface area contributed by atoms with Crippen LogP contribution in [0.4, 0.5) is 0 Å². The van der Waals surface area contributed by atoms with E-state index in [1.807, 2.05) is 30.4 Å². The molecular formula is C10H16N2O2S2. The lowest BCUT2D eigenvalue weighted by Gasteiger charge is -2.17. The summed E-state index contributed by atoms with van der Waals surface area (Å²) in [5, 5.41) is 13.8. The van der Waals surface area contributed by atoms with Crippen molar-refractivity contribution in [2.45, 2.75) is 31.1 Å². The maximum absolute atomic E-state index is 9.49. The molecule has 0 spiro atoms. The number of nitrogens with zero attached hydrogens (tertiary/aromatic N) is 2. The highest BCUT2D eigenvalue weighted by atomic mass is 32.2. The molecule has 16 heavy (non-hydrogen) atoms. The van der Waals surface area contributed by atoms with Gasteiger partial charge in [0, 0.05) is 17.3 Å². The molecule has 2 rings (SSSR count). The smallest absolute Gasteiger partial charge is 0.229 e. The van der Waals surface area contributed by atoms with Crippen LogP contribution in [0.2, 0.25) is 0 Å². The van der Waals surface area contributed by atoms with E-state index in [0.29, 0.717) is 24.0 Å². The quantitative estimate of drug-likeness (QED) is 0.892. The van der Waals surface area contributed by atoms with E-state index in [1.54, 1.807) is 0 Å². The molecule has 4 nitrogen and oxygen atoms in total. The Kier molecular flexibility index (Phi) is 4.55. The van der Waals surface area contributed by atoms with Gasteiger partial charge in [0.2, 0.25) is 5.89 Å². The maximum atomic E-state index is 9.49. The number of aromatic nitrogens is 2. The molecule has 0 radical (unpaired) electrons. The van der Waals surface area contributed by atoms with Gasteiger partial charge in [0.1, 0.15) is 0 Å². The van der Waals surface area contributed by atoms with Gasteiger partial charge < -0.3 is 9.63 Å². The monoisotopic (exact) mass is 260 g/mol. The molecule has 1 N–H and O–H groups in total. The van der Waals surface area contributed by atoms with Crippen LogP contribution in [-0.4, -0.2) is 38.6 Å². The molecule has 1 aromatic rings. The van der Waals surface area contributed by atoms with E-state index >= 15 is 0 Å². The second kappa shape index (κ2) is 5.93. The van der Waals surface area contributed by atoms with E-state index in [9.17, 15) is 5.11 Å². The molecule has 0 bridgehead atoms. The van der Waals surface area contributed by atoms with Crippen LogP contribution in [0.5, 0.6) is 0 Å². The Morgan fingerprint density at radius 1 is 1.56 bits per heavy atom. The van der Waals surface area contributed by atoms with Crippen LogP contribution in [0.3, 0.4) is 0 Å². The third-order valence-corrected chi connectivity index (χ3v) is 5.22. The van der Waals surface area contributed by atoms with Gasteiger partial charge in [-0.05, 0) is 6.42 Å². The minimum atomic E-state index is -0.373. The lowest BCUT2D eigenvalue weighted by atomic mass is 10.2. The van der Waals surface area contributed by atoms with Gasteiger partial charge >= 0.3 is 0 Å². The summed E-state index contributed by atoms with van der Waals surface area (Å²) in [6.07, 6.45) is 0.807. The first-order valence-corrected chi connectivity index (χ1v) is 7.69. The highest BCUT2D eigenvalue weighted by Gasteiger charge is 2.22. The molecule has 1 saturated heterocycles. The van der Waals surface area contributed by atoms with Gasteiger partial charge in [-0.15, -0.1) is 11.8 Å². The molecule has 6 heteroatoms. The van der Waals surface area contributed by atoms with E-state index in [-0.39, 0.29) is 6.10 Å². The zero-order chi connectivity index (χ0) is 11.4. The molecule has 90 valence electrons. The van der Waals surface area contributed by atoms with Crippen LogP contribution in [0.15, 0.2) is 4.52 Å². The zero-order valence-electron chi connectivity index (χ0n) is 9.26. The van der Waals surface area contributed by atoms with Crippen LogP contribution >= 0.6 is 23.5 Å². The molecule has 1 aliphatic rings. The summed E-state index contributed by atoms with van der Waals surface area (Å²) in [7, 11) is 0. The van der Waals surface area contributed by atoms with Crippen molar-refractivity contribution in [2.24, 2.45) is 0 Å². The molecule has 0 amide bonds. The molecule has 1 aliphatic heterocycles. The zero-order valence-corrected chi connectivity index (χ0v) is 10.9. The lowest BCUT2D eigenvalue weighted by molar-refractivity contribution is 0.158. The van der Waals surface area contributed by atoms with Crippen LogP contribution in [-0.2, 0) is 6.42 Å². The number of hydrogen-bond donors (Lipinski definition) is 1. The Morgan fingerprint density at radius 3 is 3.12 bits per heavy atom. The minimum absolute atomic E-state index is 0.356. The number of aliphatic hydroxyl groups is 1. The Bertz CT molecular complexity index is 326. The van der Waals surface area contributed by atoms with Crippen molar-refractivity contribution in [3.8, 4) is 0 Å². The standard InChI is InChI=1S/C10H16N2O2S2/c1-2-7(13)5-9-11-10(12-14-9)8-6-15-3-4-16-8/h7-8,13H,2-6H2,1H3. The second-order valence-corrected chi connectivity index (χ2v) is 6.21. The Morgan fingerprint density at radius 2 is 2.44 bits per heavy atom. The summed E-state index contributed by atoms with van der Waals surface area (Å²) in [6.45, 7) is 1.94. The molecule has 1 aromatic heterocycles. The van der Waals surface area contributed by atoms with Gasteiger partial charge in [0.25, 0.3) is 0 Å². The average Bonchev–Trinajstić information content (AvgIpc) is 2.78. The number of hydrogen-bond acceptors (Lipinski definition) is 6. The van der Waals surface area contributed by atoms with Crippen molar-refractivity contribution in [2.75, 3.05) is 17.3 Å². The van der Waals surface area contributed by atoms with Crippen molar-refractivity contribution in [1.29, 1.82) is 0 Å². The number of rotatable bonds is 4. The van der Waals surface area contributed by atoms with Crippen molar-refractivity contribution < 1.29 is 9.63 Å². The fraction of sp³-hybridized carbons (Fsp3) is 0.800. The fourth-order valence-electron chi connectivity index (χ4n) is 1.46. The number of thioether (sulfide) groups is 2. The van der Waals surface area contributed by atoms with Gasteiger partial charge in [-0.1, -0.05) is 12.1 Å².